The molecule has 38 heavy (non-hydrogen) atoms. The van der Waals surface area contributed by atoms with Crippen LogP contribution in [0, 0.1) is 16.0 Å². The van der Waals surface area contributed by atoms with Crippen LogP contribution in [0.4, 0.5) is 24.5 Å². The maximum atomic E-state index is 13.1. The molecule has 0 radical (unpaired) electrons. The molecule has 0 fully saturated rings. The van der Waals surface area contributed by atoms with Gasteiger partial charge in [-0.1, -0.05) is 38.1 Å². The number of nitrogens with zero attached hydrogens (tertiary/aromatic N) is 4. The van der Waals surface area contributed by atoms with E-state index in [0.29, 0.717) is 23.5 Å². The zero-order valence-corrected chi connectivity index (χ0v) is 20.3. The molecule has 0 aliphatic rings. The molecule has 0 bridgehead atoms. The number of ether oxygens (including phenoxy) is 1. The second-order valence-corrected chi connectivity index (χ2v) is 8.72. The van der Waals surface area contributed by atoms with E-state index in [4.69, 9.17) is 4.74 Å². The second kappa shape index (κ2) is 10.7. The predicted octanol–water partition coefficient (Wildman–Crippen LogP) is 6.15. The summed E-state index contributed by atoms with van der Waals surface area (Å²) < 4.78 is 46.2. The number of hydrogen-bond acceptors (Lipinski definition) is 6. The highest BCUT2D eigenvalue weighted by molar-refractivity contribution is 6.04. The van der Waals surface area contributed by atoms with Gasteiger partial charge in [-0.3, -0.25) is 14.9 Å². The van der Waals surface area contributed by atoms with Gasteiger partial charge < -0.3 is 10.1 Å². The van der Waals surface area contributed by atoms with Gasteiger partial charge in [-0.05, 0) is 42.3 Å². The number of non-ortho nitro benzene ring substituents is 1. The van der Waals surface area contributed by atoms with E-state index in [1.54, 1.807) is 24.3 Å². The van der Waals surface area contributed by atoms with E-state index in [1.165, 1.54) is 35.0 Å². The van der Waals surface area contributed by atoms with E-state index >= 15 is 0 Å². The van der Waals surface area contributed by atoms with Crippen LogP contribution in [-0.2, 0) is 6.18 Å². The van der Waals surface area contributed by atoms with E-state index in [9.17, 15) is 28.1 Å². The van der Waals surface area contributed by atoms with Crippen molar-refractivity contribution in [1.29, 1.82) is 0 Å². The summed E-state index contributed by atoms with van der Waals surface area (Å²) in [5, 5.41) is 18.1. The van der Waals surface area contributed by atoms with Gasteiger partial charge in [-0.15, -0.1) is 5.10 Å². The Morgan fingerprint density at radius 1 is 1.08 bits per heavy atom. The van der Waals surface area contributed by atoms with E-state index in [0.717, 1.165) is 18.2 Å². The lowest BCUT2D eigenvalue weighted by Gasteiger charge is -2.10. The van der Waals surface area contributed by atoms with Gasteiger partial charge in [0.2, 0.25) is 0 Å². The van der Waals surface area contributed by atoms with Gasteiger partial charge in [0, 0.05) is 28.9 Å². The Kier molecular flexibility index (Phi) is 7.42. The first-order chi connectivity index (χ1) is 18.0. The number of nitrogens with one attached hydrogen (secondary N) is 1. The predicted molar refractivity (Wildman–Crippen MR) is 133 cm³/mol. The third-order valence-electron chi connectivity index (χ3n) is 5.27. The lowest BCUT2D eigenvalue weighted by Crippen LogP contribution is -2.12. The summed E-state index contributed by atoms with van der Waals surface area (Å²) in [6.45, 7) is 4.22. The van der Waals surface area contributed by atoms with E-state index in [2.05, 4.69) is 15.4 Å². The zero-order valence-electron chi connectivity index (χ0n) is 20.3. The van der Waals surface area contributed by atoms with Gasteiger partial charge in [0.15, 0.2) is 5.82 Å². The van der Waals surface area contributed by atoms with Gasteiger partial charge in [0.05, 0.1) is 22.8 Å². The Labute approximate surface area is 215 Å². The second-order valence-electron chi connectivity index (χ2n) is 8.72. The molecule has 0 aliphatic carbocycles. The van der Waals surface area contributed by atoms with Crippen LogP contribution in [-0.4, -0.2) is 32.2 Å². The van der Waals surface area contributed by atoms with Crippen LogP contribution in [0.2, 0.25) is 0 Å². The smallest absolute Gasteiger partial charge is 0.416 e. The van der Waals surface area contributed by atoms with E-state index in [-0.39, 0.29) is 29.0 Å². The highest BCUT2D eigenvalue weighted by Gasteiger charge is 2.30. The molecule has 4 aromatic rings. The third-order valence-corrected chi connectivity index (χ3v) is 5.27. The fraction of sp³-hybridized carbons (Fsp3) is 0.192. The molecule has 3 aromatic carbocycles. The monoisotopic (exact) mass is 525 g/mol. The molecular weight excluding hydrogens is 503 g/mol. The number of rotatable bonds is 8. The van der Waals surface area contributed by atoms with Crippen molar-refractivity contribution >= 4 is 17.3 Å². The molecule has 12 heteroatoms. The summed E-state index contributed by atoms with van der Waals surface area (Å²) in [6.07, 6.45) is -4.48. The molecule has 4 rings (SSSR count). The number of hydrogen-bond donors (Lipinski definition) is 1. The standard InChI is InChI=1S/C26H22F3N5O4/c1-16(2)15-38-25-31-23(17-9-11-19(12-10-17)26(27,28)29)33(32-25)21-7-4-6-20(14-21)30-24(35)18-5-3-8-22(13-18)34(36)37/h3-14,16H,15H2,1-2H3,(H,30,35). The molecule has 0 atom stereocenters. The van der Waals surface area contributed by atoms with Crippen molar-refractivity contribution in [1.82, 2.24) is 14.8 Å². The summed E-state index contributed by atoms with van der Waals surface area (Å²) >= 11 is 0. The van der Waals surface area contributed by atoms with Crippen molar-refractivity contribution in [3.8, 4) is 23.1 Å². The van der Waals surface area contributed by atoms with Crippen molar-refractivity contribution in [2.24, 2.45) is 5.92 Å². The van der Waals surface area contributed by atoms with Crippen LogP contribution in [0.15, 0.2) is 72.8 Å². The number of nitro groups is 1. The summed E-state index contributed by atoms with van der Waals surface area (Å²) in [7, 11) is 0. The molecule has 0 spiro atoms. The molecule has 0 aliphatic heterocycles. The van der Waals surface area contributed by atoms with Gasteiger partial charge in [-0.2, -0.15) is 18.2 Å². The minimum atomic E-state index is -4.48. The molecule has 0 saturated heterocycles. The molecule has 1 heterocycles. The molecule has 1 N–H and O–H groups in total. The van der Waals surface area contributed by atoms with Gasteiger partial charge in [-0.25, -0.2) is 4.68 Å². The number of carbonyl (C=O) groups is 1. The molecule has 1 aromatic heterocycles. The number of anilines is 1. The number of nitro benzene ring substituents is 1. The molecular formula is C26H22F3N5O4. The number of alkyl halides is 3. The van der Waals surface area contributed by atoms with Gasteiger partial charge in [0.25, 0.3) is 11.6 Å². The third kappa shape index (κ3) is 6.14. The maximum absolute atomic E-state index is 13.1. The van der Waals surface area contributed by atoms with Gasteiger partial charge >= 0.3 is 12.2 Å². The Bertz CT molecular complexity index is 1470. The maximum Gasteiger partial charge on any atom is 0.416 e. The number of benzene rings is 3. The summed E-state index contributed by atoms with van der Waals surface area (Å²) in [4.78, 5) is 27.5. The first kappa shape index (κ1) is 26.3. The van der Waals surface area contributed by atoms with Crippen molar-refractivity contribution < 1.29 is 27.6 Å². The van der Waals surface area contributed by atoms with Crippen molar-refractivity contribution in [2.45, 2.75) is 20.0 Å². The van der Waals surface area contributed by atoms with Crippen LogP contribution >= 0.6 is 0 Å². The van der Waals surface area contributed by atoms with Crippen molar-refractivity contribution in [3.63, 3.8) is 0 Å². The van der Waals surface area contributed by atoms with Gasteiger partial charge in [0.1, 0.15) is 0 Å². The molecule has 0 saturated carbocycles. The highest BCUT2D eigenvalue weighted by atomic mass is 19.4. The minimum Gasteiger partial charge on any atom is -0.462 e. The first-order valence-corrected chi connectivity index (χ1v) is 11.4. The highest BCUT2D eigenvalue weighted by Crippen LogP contribution is 2.32. The summed E-state index contributed by atoms with van der Waals surface area (Å²) in [5.74, 6) is -0.142. The number of carbonyl (C=O) groups excluding carboxylic acids is 1. The van der Waals surface area contributed by atoms with Crippen LogP contribution < -0.4 is 10.1 Å². The first-order valence-electron chi connectivity index (χ1n) is 11.4. The Morgan fingerprint density at radius 3 is 2.45 bits per heavy atom. The quantitative estimate of drug-likeness (QED) is 0.218. The molecule has 9 nitrogen and oxygen atoms in total. The summed E-state index contributed by atoms with van der Waals surface area (Å²) in [6, 6.07) is 16.4. The number of amides is 1. The molecule has 196 valence electrons. The lowest BCUT2D eigenvalue weighted by atomic mass is 10.1. The number of halogens is 3. The Morgan fingerprint density at radius 2 is 1.79 bits per heavy atom. The van der Waals surface area contributed by atoms with E-state index in [1.807, 2.05) is 13.8 Å². The SMILES string of the molecule is CC(C)COc1nc(-c2ccc(C(F)(F)F)cc2)n(-c2cccc(NC(=O)c3cccc([N+](=O)[O-])c3)c2)n1. The van der Waals surface area contributed by atoms with Crippen LogP contribution in [0.1, 0.15) is 29.8 Å². The van der Waals surface area contributed by atoms with Crippen molar-refractivity contribution in [3.05, 3.63) is 94.0 Å². The summed E-state index contributed by atoms with van der Waals surface area (Å²) in [5.41, 5.74) is 0.260. The van der Waals surface area contributed by atoms with Crippen molar-refractivity contribution in [2.75, 3.05) is 11.9 Å². The van der Waals surface area contributed by atoms with E-state index < -0.39 is 22.6 Å². The minimum absolute atomic E-state index is 0.0413. The fourth-order valence-corrected chi connectivity index (χ4v) is 3.45. The molecule has 1 amide bonds. The largest absolute Gasteiger partial charge is 0.462 e. The Balaban J connectivity index is 1.67. The van der Waals surface area contributed by atoms with Crippen LogP contribution in [0.3, 0.4) is 0 Å². The topological polar surface area (TPSA) is 112 Å². The fourth-order valence-electron chi connectivity index (χ4n) is 3.45. The molecule has 0 unspecified atom stereocenters. The normalized spacial score (nSPS) is 11.4. The zero-order chi connectivity index (χ0) is 27.4. The Hall–Kier alpha value is -4.74. The van der Waals surface area contributed by atoms with Crippen LogP contribution in [0.25, 0.3) is 17.1 Å². The average molecular weight is 525 g/mol. The lowest BCUT2D eigenvalue weighted by molar-refractivity contribution is -0.384. The average Bonchev–Trinajstić information content (AvgIpc) is 3.32. The van der Waals surface area contributed by atoms with Crippen LogP contribution in [0.5, 0.6) is 6.01 Å². The number of aromatic nitrogens is 3.